The number of fused-ring (bicyclic) bond motifs is 1. The second-order valence-corrected chi connectivity index (χ2v) is 7.81. The maximum Gasteiger partial charge on any atom is 0.257 e. The number of carbonyl (C=O) groups excluding carboxylic acids is 1. The van der Waals surface area contributed by atoms with Crippen molar-refractivity contribution in [2.75, 3.05) is 11.9 Å². The summed E-state index contributed by atoms with van der Waals surface area (Å²) in [6, 6.07) is 16.5. The van der Waals surface area contributed by atoms with Gasteiger partial charge in [-0.2, -0.15) is 4.80 Å². The number of carbonyl (C=O) groups is 1. The van der Waals surface area contributed by atoms with Crippen molar-refractivity contribution in [2.24, 2.45) is 0 Å². The Balaban J connectivity index is 1.45. The Labute approximate surface area is 195 Å². The Hall–Kier alpha value is -3.85. The van der Waals surface area contributed by atoms with Gasteiger partial charge < -0.3 is 10.1 Å². The lowest BCUT2D eigenvalue weighted by atomic mass is 10.2. The molecular formula is C24H22FN5O2S. The maximum atomic E-state index is 13.2. The molecule has 1 heterocycles. The van der Waals surface area contributed by atoms with Crippen LogP contribution in [0.15, 0.2) is 60.7 Å². The van der Waals surface area contributed by atoms with Crippen LogP contribution in [-0.4, -0.2) is 32.6 Å². The van der Waals surface area contributed by atoms with Gasteiger partial charge in [-0.1, -0.05) is 6.92 Å². The largest absolute Gasteiger partial charge is 0.494 e. The zero-order valence-electron chi connectivity index (χ0n) is 18.1. The molecule has 0 aliphatic rings. The number of rotatable bonds is 6. The molecule has 0 radical (unpaired) electrons. The average Bonchev–Trinajstić information content (AvgIpc) is 3.21. The molecule has 0 unspecified atom stereocenters. The van der Waals surface area contributed by atoms with Gasteiger partial charge in [0.2, 0.25) is 0 Å². The van der Waals surface area contributed by atoms with Crippen molar-refractivity contribution in [1.82, 2.24) is 20.3 Å². The van der Waals surface area contributed by atoms with Crippen LogP contribution >= 0.6 is 12.2 Å². The number of aryl methyl sites for hydroxylation is 1. The van der Waals surface area contributed by atoms with E-state index >= 15 is 0 Å². The van der Waals surface area contributed by atoms with E-state index in [0.29, 0.717) is 40.3 Å². The first kappa shape index (κ1) is 22.3. The Kier molecular flexibility index (Phi) is 6.60. The lowest BCUT2D eigenvalue weighted by Gasteiger charge is -2.12. The summed E-state index contributed by atoms with van der Waals surface area (Å²) in [7, 11) is 0. The van der Waals surface area contributed by atoms with Crippen LogP contribution < -0.4 is 15.4 Å². The van der Waals surface area contributed by atoms with E-state index in [-0.39, 0.29) is 16.8 Å². The van der Waals surface area contributed by atoms with Crippen molar-refractivity contribution < 1.29 is 13.9 Å². The van der Waals surface area contributed by atoms with Gasteiger partial charge in [-0.3, -0.25) is 10.1 Å². The highest BCUT2D eigenvalue weighted by Crippen LogP contribution is 2.22. The molecule has 7 nitrogen and oxygen atoms in total. The van der Waals surface area contributed by atoms with E-state index in [0.717, 1.165) is 12.0 Å². The molecule has 0 saturated carbocycles. The zero-order chi connectivity index (χ0) is 23.4. The van der Waals surface area contributed by atoms with Crippen LogP contribution in [0.25, 0.3) is 16.7 Å². The van der Waals surface area contributed by atoms with E-state index in [1.54, 1.807) is 42.5 Å². The summed E-state index contributed by atoms with van der Waals surface area (Å²) in [5.41, 5.74) is 4.00. The molecule has 4 aromatic rings. The molecule has 0 spiro atoms. The number of benzene rings is 3. The van der Waals surface area contributed by atoms with Crippen molar-refractivity contribution in [3.8, 4) is 11.4 Å². The molecule has 0 atom stereocenters. The zero-order valence-corrected chi connectivity index (χ0v) is 18.9. The van der Waals surface area contributed by atoms with Crippen molar-refractivity contribution in [1.29, 1.82) is 0 Å². The number of ether oxygens (including phenoxy) is 1. The molecule has 1 aromatic heterocycles. The highest BCUT2D eigenvalue weighted by molar-refractivity contribution is 7.80. The number of nitrogens with one attached hydrogen (secondary N) is 2. The van der Waals surface area contributed by atoms with Gasteiger partial charge in [0.15, 0.2) is 5.11 Å². The van der Waals surface area contributed by atoms with Gasteiger partial charge in [0, 0.05) is 11.3 Å². The molecule has 2 N–H and O–H groups in total. The minimum atomic E-state index is -0.325. The first-order valence-corrected chi connectivity index (χ1v) is 10.8. The summed E-state index contributed by atoms with van der Waals surface area (Å²) in [5.74, 6) is 0.0661. The first-order chi connectivity index (χ1) is 15.9. The van der Waals surface area contributed by atoms with Crippen LogP contribution in [0, 0.1) is 12.7 Å². The summed E-state index contributed by atoms with van der Waals surface area (Å²) >= 11 is 5.33. The molecule has 0 bridgehead atoms. The molecule has 0 saturated heterocycles. The molecule has 0 fully saturated rings. The fraction of sp³-hybridized carbons (Fsp3) is 0.167. The van der Waals surface area contributed by atoms with Crippen LogP contribution in [0.4, 0.5) is 10.1 Å². The molecule has 0 aliphatic carbocycles. The molecule has 9 heteroatoms. The fourth-order valence-corrected chi connectivity index (χ4v) is 3.35. The molecule has 168 valence electrons. The Bertz CT molecular complexity index is 1300. The summed E-state index contributed by atoms with van der Waals surface area (Å²) in [4.78, 5) is 14.0. The molecule has 0 aliphatic heterocycles. The monoisotopic (exact) mass is 463 g/mol. The van der Waals surface area contributed by atoms with E-state index in [1.807, 2.05) is 19.9 Å². The van der Waals surface area contributed by atoms with E-state index < -0.39 is 0 Å². The van der Waals surface area contributed by atoms with Gasteiger partial charge in [0.05, 0.1) is 12.3 Å². The third kappa shape index (κ3) is 5.32. The highest BCUT2D eigenvalue weighted by Gasteiger charge is 2.12. The third-order valence-corrected chi connectivity index (χ3v) is 5.05. The van der Waals surface area contributed by atoms with Crippen LogP contribution in [0.5, 0.6) is 5.75 Å². The smallest absolute Gasteiger partial charge is 0.257 e. The van der Waals surface area contributed by atoms with Crippen molar-refractivity contribution in [3.63, 3.8) is 0 Å². The minimum absolute atomic E-state index is 0.166. The van der Waals surface area contributed by atoms with E-state index in [9.17, 15) is 9.18 Å². The first-order valence-electron chi connectivity index (χ1n) is 10.4. The fourth-order valence-electron chi connectivity index (χ4n) is 3.14. The second-order valence-electron chi connectivity index (χ2n) is 7.40. The number of thiocarbonyl (C=S) groups is 1. The SMILES string of the molecule is CCCOc1ccc(C(=O)NC(=S)Nc2cc3nn(-c4ccc(F)cc4)nc3cc2C)cc1. The Morgan fingerprint density at radius 3 is 2.39 bits per heavy atom. The minimum Gasteiger partial charge on any atom is -0.494 e. The van der Waals surface area contributed by atoms with Gasteiger partial charge in [-0.05, 0) is 91.8 Å². The van der Waals surface area contributed by atoms with E-state index in [4.69, 9.17) is 17.0 Å². The number of amides is 1. The van der Waals surface area contributed by atoms with Gasteiger partial charge in [-0.15, -0.1) is 10.2 Å². The predicted molar refractivity (Wildman–Crippen MR) is 129 cm³/mol. The maximum absolute atomic E-state index is 13.2. The van der Waals surface area contributed by atoms with Gasteiger partial charge in [0.1, 0.15) is 22.6 Å². The quantitative estimate of drug-likeness (QED) is 0.401. The second kappa shape index (κ2) is 9.74. The lowest BCUT2D eigenvalue weighted by molar-refractivity contribution is 0.0977. The van der Waals surface area contributed by atoms with Gasteiger partial charge in [0.25, 0.3) is 5.91 Å². The topological polar surface area (TPSA) is 81.1 Å². The molecule has 3 aromatic carbocycles. The summed E-state index contributed by atoms with van der Waals surface area (Å²) < 4.78 is 18.7. The van der Waals surface area contributed by atoms with E-state index in [1.165, 1.54) is 16.9 Å². The van der Waals surface area contributed by atoms with Crippen LogP contribution in [-0.2, 0) is 0 Å². The number of anilines is 1. The number of aromatic nitrogens is 3. The third-order valence-electron chi connectivity index (χ3n) is 4.85. The lowest BCUT2D eigenvalue weighted by Crippen LogP contribution is -2.34. The standard InChI is InChI=1S/C24H22FN5O2S/c1-3-12-32-19-10-4-16(5-11-19)23(31)27-24(33)26-20-14-22-21(13-15(20)2)28-30(29-22)18-8-6-17(25)7-9-18/h4-11,13-14H,3,12H2,1-2H3,(H2,26,27,31,33). The van der Waals surface area contributed by atoms with Crippen molar-refractivity contribution >= 4 is 40.0 Å². The van der Waals surface area contributed by atoms with Crippen LogP contribution in [0.2, 0.25) is 0 Å². The number of hydrogen-bond acceptors (Lipinski definition) is 5. The number of halogens is 1. The van der Waals surface area contributed by atoms with Gasteiger partial charge >= 0.3 is 0 Å². The summed E-state index contributed by atoms with van der Waals surface area (Å²) in [6.07, 6.45) is 0.913. The van der Waals surface area contributed by atoms with E-state index in [2.05, 4.69) is 20.8 Å². The van der Waals surface area contributed by atoms with Crippen LogP contribution in [0.3, 0.4) is 0 Å². The van der Waals surface area contributed by atoms with Crippen LogP contribution in [0.1, 0.15) is 29.3 Å². The Morgan fingerprint density at radius 2 is 1.73 bits per heavy atom. The molecular weight excluding hydrogens is 441 g/mol. The van der Waals surface area contributed by atoms with Crippen molar-refractivity contribution in [3.05, 3.63) is 77.6 Å². The normalized spacial score (nSPS) is 10.8. The number of nitrogens with zero attached hydrogens (tertiary/aromatic N) is 3. The summed E-state index contributed by atoms with van der Waals surface area (Å²) in [5, 5.41) is 14.8. The molecule has 1 amide bonds. The highest BCUT2D eigenvalue weighted by atomic mass is 32.1. The Morgan fingerprint density at radius 1 is 1.06 bits per heavy atom. The predicted octanol–water partition coefficient (Wildman–Crippen LogP) is 4.78. The average molecular weight is 464 g/mol. The number of hydrogen-bond donors (Lipinski definition) is 2. The van der Waals surface area contributed by atoms with Crippen molar-refractivity contribution in [2.45, 2.75) is 20.3 Å². The molecule has 33 heavy (non-hydrogen) atoms. The van der Waals surface area contributed by atoms with Gasteiger partial charge in [-0.25, -0.2) is 4.39 Å². The molecule has 4 rings (SSSR count). The summed E-state index contributed by atoms with van der Waals surface area (Å²) in [6.45, 7) is 4.56.